The van der Waals surface area contributed by atoms with Crippen molar-refractivity contribution in [3.05, 3.63) is 30.0 Å². The van der Waals surface area contributed by atoms with E-state index in [1.807, 2.05) is 6.92 Å². The number of hydrogen-bond donors (Lipinski definition) is 0. The number of nitrogens with zero attached hydrogens (tertiary/aromatic N) is 1. The Kier molecular flexibility index (Phi) is 5.29. The van der Waals surface area contributed by atoms with Gasteiger partial charge in [-0.1, -0.05) is 19.1 Å². The molecule has 3 rings (SSSR count). The number of ketones is 1. The molecule has 0 bridgehead atoms. The van der Waals surface area contributed by atoms with E-state index in [9.17, 15) is 13.2 Å². The summed E-state index contributed by atoms with van der Waals surface area (Å²) in [7, 11) is -2.27. The van der Waals surface area contributed by atoms with Gasteiger partial charge in [0.2, 0.25) is 0 Å². The average molecular weight is 377 g/mol. The van der Waals surface area contributed by atoms with Gasteiger partial charge in [0.1, 0.15) is 11.3 Å². The Hall–Kier alpha value is -1.99. The lowest BCUT2D eigenvalue weighted by Gasteiger charge is -2.19. The number of benzene rings is 1. The minimum absolute atomic E-state index is 0.0576. The Balaban J connectivity index is 2.32. The minimum atomic E-state index is -3.77. The number of aromatic nitrogens is 1. The van der Waals surface area contributed by atoms with E-state index in [1.165, 1.54) is 13.3 Å². The van der Waals surface area contributed by atoms with Crippen molar-refractivity contribution in [2.24, 2.45) is 0 Å². The first-order valence-corrected chi connectivity index (χ1v) is 10.3. The molecule has 2 heterocycles. The van der Waals surface area contributed by atoms with Crippen molar-refractivity contribution < 1.29 is 22.7 Å². The SMILES string of the molecule is CCCC(=O)c1cnc2c(OC)cccc2c1S(=O)(=O)C1CCOC1C. The normalized spacial score (nSPS) is 20.4. The summed E-state index contributed by atoms with van der Waals surface area (Å²) < 4.78 is 37.8. The van der Waals surface area contributed by atoms with Crippen LogP contribution in [0.5, 0.6) is 5.75 Å². The van der Waals surface area contributed by atoms with Crippen LogP contribution >= 0.6 is 0 Å². The second-order valence-corrected chi connectivity index (χ2v) is 8.58. The number of ether oxygens (including phenoxy) is 2. The lowest BCUT2D eigenvalue weighted by Crippen LogP contribution is -2.29. The van der Waals surface area contributed by atoms with Crippen LogP contribution in [0.15, 0.2) is 29.3 Å². The fourth-order valence-electron chi connectivity index (χ4n) is 3.47. The molecule has 7 heteroatoms. The Morgan fingerprint density at radius 2 is 2.15 bits per heavy atom. The fraction of sp³-hybridized carbons (Fsp3) is 0.474. The smallest absolute Gasteiger partial charge is 0.185 e. The lowest BCUT2D eigenvalue weighted by molar-refractivity contribution is 0.0978. The molecule has 0 saturated carbocycles. The van der Waals surface area contributed by atoms with Crippen LogP contribution in [0, 0.1) is 0 Å². The van der Waals surface area contributed by atoms with Gasteiger partial charge < -0.3 is 9.47 Å². The molecule has 140 valence electrons. The molecular weight excluding hydrogens is 354 g/mol. The van der Waals surface area contributed by atoms with Crippen molar-refractivity contribution in [2.75, 3.05) is 13.7 Å². The van der Waals surface area contributed by atoms with E-state index < -0.39 is 21.2 Å². The van der Waals surface area contributed by atoms with E-state index in [1.54, 1.807) is 25.1 Å². The molecule has 2 aromatic rings. The Bertz CT molecular complexity index is 938. The molecule has 0 radical (unpaired) electrons. The zero-order valence-electron chi connectivity index (χ0n) is 15.2. The van der Waals surface area contributed by atoms with Crippen LogP contribution in [0.2, 0.25) is 0 Å². The summed E-state index contributed by atoms with van der Waals surface area (Å²) in [4.78, 5) is 17.0. The van der Waals surface area contributed by atoms with Crippen LogP contribution in [0.4, 0.5) is 0 Å². The zero-order chi connectivity index (χ0) is 18.9. The summed E-state index contributed by atoms with van der Waals surface area (Å²) in [6, 6.07) is 5.12. The molecule has 0 spiro atoms. The molecule has 0 N–H and O–H groups in total. The molecule has 0 aliphatic carbocycles. The van der Waals surface area contributed by atoms with Gasteiger partial charge in [0, 0.05) is 24.6 Å². The van der Waals surface area contributed by atoms with Gasteiger partial charge in [0.05, 0.1) is 28.9 Å². The first kappa shape index (κ1) is 18.8. The van der Waals surface area contributed by atoms with E-state index in [0.717, 1.165) is 0 Å². The Labute approximate surface area is 153 Å². The third kappa shape index (κ3) is 3.10. The largest absolute Gasteiger partial charge is 0.494 e. The first-order valence-electron chi connectivity index (χ1n) is 8.76. The molecule has 1 aromatic heterocycles. The number of rotatable bonds is 6. The monoisotopic (exact) mass is 377 g/mol. The fourth-order valence-corrected chi connectivity index (χ4v) is 5.71. The molecular formula is C19H23NO5S. The van der Waals surface area contributed by atoms with Gasteiger partial charge in [-0.05, 0) is 25.8 Å². The molecule has 1 aliphatic rings. The Morgan fingerprint density at radius 3 is 2.77 bits per heavy atom. The van der Waals surface area contributed by atoms with Gasteiger partial charge in [0.25, 0.3) is 0 Å². The minimum Gasteiger partial charge on any atom is -0.494 e. The number of para-hydroxylation sites is 1. The molecule has 1 aromatic carbocycles. The third-order valence-corrected chi connectivity index (χ3v) is 7.22. The van der Waals surface area contributed by atoms with Crippen LogP contribution in [0.1, 0.15) is 43.5 Å². The summed E-state index contributed by atoms with van der Waals surface area (Å²) >= 11 is 0. The number of Topliss-reactive ketones (excluding diaryl/α,β-unsaturated/α-hetero) is 1. The third-order valence-electron chi connectivity index (χ3n) is 4.80. The Morgan fingerprint density at radius 1 is 1.38 bits per heavy atom. The van der Waals surface area contributed by atoms with Crippen LogP contribution in [0.3, 0.4) is 0 Å². The van der Waals surface area contributed by atoms with Crippen LogP contribution in [-0.2, 0) is 14.6 Å². The maximum atomic E-state index is 13.5. The number of pyridine rings is 1. The van der Waals surface area contributed by atoms with Crippen molar-refractivity contribution in [3.63, 3.8) is 0 Å². The molecule has 6 nitrogen and oxygen atoms in total. The highest BCUT2D eigenvalue weighted by atomic mass is 32.2. The highest BCUT2D eigenvalue weighted by Crippen LogP contribution is 2.36. The van der Waals surface area contributed by atoms with Crippen LogP contribution in [0.25, 0.3) is 10.9 Å². The van der Waals surface area contributed by atoms with Gasteiger partial charge in [-0.25, -0.2) is 8.42 Å². The van der Waals surface area contributed by atoms with Gasteiger partial charge >= 0.3 is 0 Å². The standard InChI is InChI=1S/C19H23NO5S/c1-4-6-15(21)14-11-20-18-13(7-5-8-16(18)24-3)19(14)26(22,23)17-9-10-25-12(17)2/h5,7-8,11-12,17H,4,6,9-10H2,1-3H3. The second-order valence-electron chi connectivity index (χ2n) is 6.48. The summed E-state index contributed by atoms with van der Waals surface area (Å²) in [5, 5.41) is -0.252. The predicted molar refractivity (Wildman–Crippen MR) is 98.5 cm³/mol. The van der Waals surface area contributed by atoms with Crippen molar-refractivity contribution >= 4 is 26.5 Å². The van der Waals surface area contributed by atoms with Gasteiger partial charge in [-0.15, -0.1) is 0 Å². The summed E-state index contributed by atoms with van der Waals surface area (Å²) in [5.41, 5.74) is 0.597. The predicted octanol–water partition coefficient (Wildman–Crippen LogP) is 3.18. The number of hydrogen-bond acceptors (Lipinski definition) is 6. The highest BCUT2D eigenvalue weighted by Gasteiger charge is 2.40. The van der Waals surface area contributed by atoms with Crippen LogP contribution in [-0.4, -0.2) is 44.3 Å². The maximum Gasteiger partial charge on any atom is 0.185 e. The topological polar surface area (TPSA) is 82.6 Å². The van der Waals surface area contributed by atoms with E-state index in [4.69, 9.17) is 9.47 Å². The van der Waals surface area contributed by atoms with Gasteiger partial charge in [-0.3, -0.25) is 9.78 Å². The summed E-state index contributed by atoms with van der Waals surface area (Å²) in [5.74, 6) is 0.263. The molecule has 0 amide bonds. The molecule has 2 unspecified atom stereocenters. The van der Waals surface area contributed by atoms with E-state index >= 15 is 0 Å². The van der Waals surface area contributed by atoms with Crippen LogP contribution < -0.4 is 4.74 Å². The molecule has 1 aliphatic heterocycles. The van der Waals surface area contributed by atoms with Crippen molar-refractivity contribution in [1.82, 2.24) is 4.98 Å². The van der Waals surface area contributed by atoms with Crippen molar-refractivity contribution in [3.8, 4) is 5.75 Å². The number of fused-ring (bicyclic) bond motifs is 1. The van der Waals surface area contributed by atoms with Gasteiger partial charge in [0.15, 0.2) is 15.6 Å². The second kappa shape index (κ2) is 7.32. The summed E-state index contributed by atoms with van der Waals surface area (Å²) in [6.45, 7) is 4.04. The first-order chi connectivity index (χ1) is 12.4. The highest BCUT2D eigenvalue weighted by molar-refractivity contribution is 7.92. The molecule has 1 fully saturated rings. The molecule has 26 heavy (non-hydrogen) atoms. The lowest BCUT2D eigenvalue weighted by atomic mass is 10.1. The maximum absolute atomic E-state index is 13.5. The van der Waals surface area contributed by atoms with Gasteiger partial charge in [-0.2, -0.15) is 0 Å². The van der Waals surface area contributed by atoms with E-state index in [2.05, 4.69) is 4.98 Å². The zero-order valence-corrected chi connectivity index (χ0v) is 16.0. The number of methoxy groups -OCH3 is 1. The average Bonchev–Trinajstić information content (AvgIpc) is 3.07. The van der Waals surface area contributed by atoms with Crippen molar-refractivity contribution in [2.45, 2.75) is 49.4 Å². The van der Waals surface area contributed by atoms with E-state index in [0.29, 0.717) is 36.1 Å². The van der Waals surface area contributed by atoms with E-state index in [-0.39, 0.29) is 22.7 Å². The number of carbonyl (C=O) groups excluding carboxylic acids is 1. The molecule has 1 saturated heterocycles. The summed E-state index contributed by atoms with van der Waals surface area (Å²) in [6.07, 6.45) is 2.28. The van der Waals surface area contributed by atoms with Crippen molar-refractivity contribution in [1.29, 1.82) is 0 Å². The number of sulfone groups is 1. The molecule has 2 atom stereocenters. The number of carbonyl (C=O) groups is 1. The quantitative estimate of drug-likeness (QED) is 0.719.